The van der Waals surface area contributed by atoms with Crippen molar-refractivity contribution in [3.8, 4) is 0 Å². The molecule has 0 aromatic rings. The fraction of sp³-hybridized carbons (Fsp3) is 0.833. The number of carbonyl (C=O) groups is 1. The Labute approximate surface area is 66.3 Å². The SMILES string of the molecule is CCOC(=O)CC[PH](=O)CO. The van der Waals surface area contributed by atoms with Gasteiger partial charge in [-0.25, -0.2) is 0 Å². The van der Waals surface area contributed by atoms with E-state index in [-0.39, 0.29) is 24.9 Å². The van der Waals surface area contributed by atoms with Gasteiger partial charge in [-0.15, -0.1) is 0 Å². The molecular formula is C6H13O4P. The molecule has 0 aliphatic rings. The van der Waals surface area contributed by atoms with Crippen molar-refractivity contribution >= 4 is 13.8 Å². The molecule has 0 rings (SSSR count). The highest BCUT2D eigenvalue weighted by Gasteiger charge is 2.04. The zero-order valence-electron chi connectivity index (χ0n) is 6.50. The summed E-state index contributed by atoms with van der Waals surface area (Å²) in [4.78, 5) is 10.6. The maximum atomic E-state index is 10.6. The summed E-state index contributed by atoms with van der Waals surface area (Å²) in [5.74, 6) is -0.348. The van der Waals surface area contributed by atoms with Crippen molar-refractivity contribution in [2.75, 3.05) is 19.1 Å². The average Bonchev–Trinajstić information content (AvgIpc) is 2.01. The molecule has 0 aliphatic heterocycles. The van der Waals surface area contributed by atoms with E-state index in [1.165, 1.54) is 0 Å². The van der Waals surface area contributed by atoms with Crippen LogP contribution in [0.3, 0.4) is 0 Å². The fourth-order valence-corrected chi connectivity index (χ4v) is 1.19. The van der Waals surface area contributed by atoms with Gasteiger partial charge in [0.05, 0.1) is 19.4 Å². The molecule has 0 aromatic heterocycles. The number of aliphatic hydroxyl groups excluding tert-OH is 1. The first kappa shape index (κ1) is 10.7. The Hall–Kier alpha value is -0.340. The van der Waals surface area contributed by atoms with Crippen LogP contribution in [0.4, 0.5) is 0 Å². The van der Waals surface area contributed by atoms with Crippen LogP contribution in [0.2, 0.25) is 0 Å². The van der Waals surface area contributed by atoms with Crippen LogP contribution >= 0.6 is 7.80 Å². The van der Waals surface area contributed by atoms with Crippen LogP contribution in [0.15, 0.2) is 0 Å². The highest BCUT2D eigenvalue weighted by atomic mass is 31.1. The summed E-state index contributed by atoms with van der Waals surface area (Å²) in [5.41, 5.74) is 0. The van der Waals surface area contributed by atoms with E-state index in [0.717, 1.165) is 0 Å². The van der Waals surface area contributed by atoms with Gasteiger partial charge in [0.2, 0.25) is 0 Å². The molecule has 0 aliphatic carbocycles. The summed E-state index contributed by atoms with van der Waals surface area (Å²) < 4.78 is 15.2. The summed E-state index contributed by atoms with van der Waals surface area (Å²) in [6.07, 6.45) is 0.0796. The van der Waals surface area contributed by atoms with Crippen LogP contribution in [-0.4, -0.2) is 30.2 Å². The molecule has 11 heavy (non-hydrogen) atoms. The van der Waals surface area contributed by atoms with Gasteiger partial charge in [-0.05, 0) is 6.92 Å². The highest BCUT2D eigenvalue weighted by molar-refractivity contribution is 7.44. The molecule has 0 heterocycles. The number of ether oxygens (including phenoxy) is 1. The molecule has 4 nitrogen and oxygen atoms in total. The molecule has 0 fully saturated rings. The van der Waals surface area contributed by atoms with Crippen LogP contribution in [-0.2, 0) is 14.1 Å². The highest BCUT2D eigenvalue weighted by Crippen LogP contribution is 2.18. The van der Waals surface area contributed by atoms with E-state index in [1.807, 2.05) is 0 Å². The van der Waals surface area contributed by atoms with Crippen molar-refractivity contribution in [2.45, 2.75) is 13.3 Å². The lowest BCUT2D eigenvalue weighted by Gasteiger charge is -1.99. The quantitative estimate of drug-likeness (QED) is 0.492. The second-order valence-corrected chi connectivity index (χ2v) is 3.90. The molecule has 1 atom stereocenters. The van der Waals surface area contributed by atoms with Gasteiger partial charge in [0, 0.05) is 6.16 Å². The summed E-state index contributed by atoms with van der Waals surface area (Å²) in [6.45, 7) is 2.06. The van der Waals surface area contributed by atoms with Gasteiger partial charge in [0.1, 0.15) is 7.80 Å². The molecule has 0 radical (unpaired) electrons. The molecule has 0 saturated heterocycles. The normalized spacial score (nSPS) is 12.5. The summed E-state index contributed by atoms with van der Waals surface area (Å²) in [6, 6.07) is 0. The molecule has 1 unspecified atom stereocenters. The molecule has 0 spiro atoms. The Morgan fingerprint density at radius 2 is 2.27 bits per heavy atom. The first-order chi connectivity index (χ1) is 5.20. The van der Waals surface area contributed by atoms with Crippen molar-refractivity contribution in [3.05, 3.63) is 0 Å². The van der Waals surface area contributed by atoms with E-state index in [0.29, 0.717) is 6.61 Å². The first-order valence-corrected chi connectivity index (χ1v) is 5.31. The molecule has 66 valence electrons. The second-order valence-electron chi connectivity index (χ2n) is 2.00. The van der Waals surface area contributed by atoms with Gasteiger partial charge in [0.15, 0.2) is 0 Å². The topological polar surface area (TPSA) is 63.6 Å². The Kier molecular flexibility index (Phi) is 6.18. The van der Waals surface area contributed by atoms with Crippen LogP contribution in [0.5, 0.6) is 0 Å². The van der Waals surface area contributed by atoms with Crippen molar-refractivity contribution in [3.63, 3.8) is 0 Å². The van der Waals surface area contributed by atoms with E-state index in [9.17, 15) is 9.36 Å². The lowest BCUT2D eigenvalue weighted by Crippen LogP contribution is -2.04. The molecule has 0 amide bonds. The van der Waals surface area contributed by atoms with E-state index in [4.69, 9.17) is 5.11 Å². The van der Waals surface area contributed by atoms with Crippen LogP contribution in [0.1, 0.15) is 13.3 Å². The Balaban J connectivity index is 3.38. The zero-order valence-corrected chi connectivity index (χ0v) is 7.50. The molecule has 0 aromatic carbocycles. The lowest BCUT2D eigenvalue weighted by atomic mass is 10.5. The third-order valence-corrected chi connectivity index (χ3v) is 2.25. The van der Waals surface area contributed by atoms with Gasteiger partial charge >= 0.3 is 5.97 Å². The summed E-state index contributed by atoms with van der Waals surface area (Å²) >= 11 is 0. The van der Waals surface area contributed by atoms with Crippen LogP contribution in [0.25, 0.3) is 0 Å². The number of carbonyl (C=O) groups excluding carboxylic acids is 1. The van der Waals surface area contributed by atoms with E-state index >= 15 is 0 Å². The number of rotatable bonds is 5. The van der Waals surface area contributed by atoms with E-state index < -0.39 is 7.80 Å². The van der Waals surface area contributed by atoms with Gasteiger partial charge < -0.3 is 14.4 Å². The maximum absolute atomic E-state index is 10.6. The van der Waals surface area contributed by atoms with Gasteiger partial charge in [-0.1, -0.05) is 0 Å². The minimum absolute atomic E-state index is 0.145. The molecule has 0 saturated carbocycles. The van der Waals surface area contributed by atoms with Crippen molar-refractivity contribution < 1.29 is 19.2 Å². The summed E-state index contributed by atoms with van der Waals surface area (Å²) in [5, 5.41) is 8.36. The van der Waals surface area contributed by atoms with E-state index in [2.05, 4.69) is 4.74 Å². The molecule has 5 heteroatoms. The number of hydrogen-bond donors (Lipinski definition) is 1. The van der Waals surface area contributed by atoms with Crippen LogP contribution < -0.4 is 0 Å². The second kappa shape index (κ2) is 6.38. The monoisotopic (exact) mass is 180 g/mol. The fourth-order valence-electron chi connectivity index (χ4n) is 0.554. The Morgan fingerprint density at radius 3 is 2.73 bits per heavy atom. The predicted molar refractivity (Wildman–Crippen MR) is 42.2 cm³/mol. The van der Waals surface area contributed by atoms with E-state index in [1.54, 1.807) is 6.92 Å². The largest absolute Gasteiger partial charge is 0.466 e. The predicted octanol–water partition coefficient (Wildman–Crippen LogP) is 0.449. The Morgan fingerprint density at radius 1 is 1.64 bits per heavy atom. The summed E-state index contributed by atoms with van der Waals surface area (Å²) in [7, 11) is -1.94. The minimum atomic E-state index is -1.94. The smallest absolute Gasteiger partial charge is 0.306 e. The number of esters is 1. The van der Waals surface area contributed by atoms with Gasteiger partial charge in [0.25, 0.3) is 0 Å². The average molecular weight is 180 g/mol. The zero-order chi connectivity index (χ0) is 8.69. The maximum Gasteiger partial charge on any atom is 0.306 e. The number of hydrogen-bond acceptors (Lipinski definition) is 4. The van der Waals surface area contributed by atoms with Crippen molar-refractivity contribution in [2.24, 2.45) is 0 Å². The first-order valence-electron chi connectivity index (χ1n) is 3.49. The van der Waals surface area contributed by atoms with Gasteiger partial charge in [-0.3, -0.25) is 4.79 Å². The molecule has 1 N–H and O–H groups in total. The van der Waals surface area contributed by atoms with Crippen molar-refractivity contribution in [1.29, 1.82) is 0 Å². The lowest BCUT2D eigenvalue weighted by molar-refractivity contribution is -0.142. The van der Waals surface area contributed by atoms with Crippen molar-refractivity contribution in [1.82, 2.24) is 0 Å². The third kappa shape index (κ3) is 6.07. The standard InChI is InChI=1S/C6H13O4P/c1-2-10-6(8)3-4-11(9)5-7/h7,11H,2-5H2,1H3. The Bertz CT molecular complexity index is 146. The third-order valence-electron chi connectivity index (χ3n) is 1.09. The molecular weight excluding hydrogens is 167 g/mol. The number of aliphatic hydroxyl groups is 1. The minimum Gasteiger partial charge on any atom is -0.466 e. The van der Waals surface area contributed by atoms with Gasteiger partial charge in [-0.2, -0.15) is 0 Å². The molecule has 0 bridgehead atoms. The van der Waals surface area contributed by atoms with Crippen LogP contribution in [0, 0.1) is 0 Å².